The highest BCUT2D eigenvalue weighted by molar-refractivity contribution is 5.73. The second kappa shape index (κ2) is 7.78. The number of hydrogen-bond donors (Lipinski definition) is 1. The van der Waals surface area contributed by atoms with Gasteiger partial charge in [0.15, 0.2) is 0 Å². The first-order valence-electron chi connectivity index (χ1n) is 7.77. The van der Waals surface area contributed by atoms with Crippen LogP contribution in [0.3, 0.4) is 0 Å². The maximum absolute atomic E-state index is 11.7. The Morgan fingerprint density at radius 3 is 2.48 bits per heavy atom. The van der Waals surface area contributed by atoms with Crippen molar-refractivity contribution >= 4 is 11.9 Å². The molecule has 1 rings (SSSR count). The van der Waals surface area contributed by atoms with Gasteiger partial charge in [0.2, 0.25) is 5.91 Å². The van der Waals surface area contributed by atoms with E-state index in [1.165, 1.54) is 7.11 Å². The van der Waals surface area contributed by atoms with Crippen LogP contribution in [0.25, 0.3) is 0 Å². The van der Waals surface area contributed by atoms with E-state index in [9.17, 15) is 9.59 Å². The quantitative estimate of drug-likeness (QED) is 0.787. The minimum Gasteiger partial charge on any atom is -0.469 e. The minimum absolute atomic E-state index is 0.111. The molecule has 1 aliphatic heterocycles. The molecule has 1 fully saturated rings. The van der Waals surface area contributed by atoms with Gasteiger partial charge >= 0.3 is 5.97 Å². The molecule has 2 unspecified atom stereocenters. The number of carbonyl (C=O) groups excluding carboxylic acids is 2. The summed E-state index contributed by atoms with van der Waals surface area (Å²) < 4.78 is 4.70. The second-order valence-corrected chi connectivity index (χ2v) is 7.28. The molecular formula is C16H30N2O3. The normalized spacial score (nSPS) is 23.0. The molecule has 0 saturated carbocycles. The lowest BCUT2D eigenvalue weighted by Crippen LogP contribution is -2.52. The molecule has 21 heavy (non-hydrogen) atoms. The lowest BCUT2D eigenvalue weighted by Gasteiger charge is -2.39. The van der Waals surface area contributed by atoms with Crippen LogP contribution in [0.1, 0.15) is 47.0 Å². The van der Waals surface area contributed by atoms with Crippen molar-refractivity contribution in [1.29, 1.82) is 0 Å². The van der Waals surface area contributed by atoms with E-state index in [0.717, 1.165) is 32.5 Å². The summed E-state index contributed by atoms with van der Waals surface area (Å²) in [4.78, 5) is 24.9. The molecule has 0 bridgehead atoms. The molecule has 0 aromatic heterocycles. The number of esters is 1. The van der Waals surface area contributed by atoms with Gasteiger partial charge < -0.3 is 15.0 Å². The fraction of sp³-hybridized carbons (Fsp3) is 0.875. The summed E-state index contributed by atoms with van der Waals surface area (Å²) in [5.41, 5.74) is 0.222. The van der Waals surface area contributed by atoms with Gasteiger partial charge in [0.25, 0.3) is 0 Å². The molecule has 0 spiro atoms. The monoisotopic (exact) mass is 298 g/mol. The van der Waals surface area contributed by atoms with Crippen molar-refractivity contribution in [1.82, 2.24) is 10.2 Å². The summed E-state index contributed by atoms with van der Waals surface area (Å²) in [6.45, 7) is 10.6. The molecule has 2 atom stereocenters. The fourth-order valence-corrected chi connectivity index (χ4v) is 2.69. The van der Waals surface area contributed by atoms with Crippen LogP contribution in [0.5, 0.6) is 0 Å². The zero-order valence-electron chi connectivity index (χ0n) is 14.1. The molecule has 5 nitrogen and oxygen atoms in total. The Labute approximate surface area is 128 Å². The Kier molecular flexibility index (Phi) is 6.65. The molecule has 0 aromatic carbocycles. The SMILES string of the molecule is COC(=O)CCC1CC(NCC(C)(C)C)CN(C(C)=O)C1. The predicted molar refractivity (Wildman–Crippen MR) is 82.9 cm³/mol. The van der Waals surface area contributed by atoms with E-state index < -0.39 is 0 Å². The Morgan fingerprint density at radius 2 is 1.95 bits per heavy atom. The lowest BCUT2D eigenvalue weighted by molar-refractivity contribution is -0.141. The first-order chi connectivity index (χ1) is 9.71. The summed E-state index contributed by atoms with van der Waals surface area (Å²) in [5.74, 6) is 0.300. The van der Waals surface area contributed by atoms with Gasteiger partial charge in [-0.05, 0) is 24.2 Å². The maximum atomic E-state index is 11.7. The van der Waals surface area contributed by atoms with Crippen LogP contribution < -0.4 is 5.32 Å². The van der Waals surface area contributed by atoms with Gasteiger partial charge in [0.05, 0.1) is 7.11 Å². The number of nitrogens with one attached hydrogen (secondary N) is 1. The van der Waals surface area contributed by atoms with Crippen molar-refractivity contribution in [3.63, 3.8) is 0 Å². The van der Waals surface area contributed by atoms with E-state index in [1.807, 2.05) is 4.90 Å². The number of carbonyl (C=O) groups is 2. The summed E-state index contributed by atoms with van der Waals surface area (Å²) in [6.07, 6.45) is 2.22. The summed E-state index contributed by atoms with van der Waals surface area (Å²) >= 11 is 0. The predicted octanol–water partition coefficient (Wildman–Crippen LogP) is 1.81. The van der Waals surface area contributed by atoms with Crippen molar-refractivity contribution in [3.05, 3.63) is 0 Å². The third-order valence-electron chi connectivity index (χ3n) is 3.89. The molecule has 5 heteroatoms. The van der Waals surface area contributed by atoms with Gasteiger partial charge in [0.1, 0.15) is 0 Å². The van der Waals surface area contributed by atoms with Crippen LogP contribution >= 0.6 is 0 Å². The van der Waals surface area contributed by atoms with Gasteiger partial charge in [-0.25, -0.2) is 0 Å². The van der Waals surface area contributed by atoms with Crippen molar-refractivity contribution < 1.29 is 14.3 Å². The largest absolute Gasteiger partial charge is 0.469 e. The highest BCUT2D eigenvalue weighted by atomic mass is 16.5. The first-order valence-corrected chi connectivity index (χ1v) is 7.77. The smallest absolute Gasteiger partial charge is 0.305 e. The number of methoxy groups -OCH3 is 1. The average molecular weight is 298 g/mol. The third kappa shape index (κ3) is 6.93. The number of hydrogen-bond acceptors (Lipinski definition) is 4. The highest BCUT2D eigenvalue weighted by Gasteiger charge is 2.29. The van der Waals surface area contributed by atoms with E-state index in [4.69, 9.17) is 4.74 Å². The molecule has 0 aliphatic carbocycles. The summed E-state index contributed by atoms with van der Waals surface area (Å²) in [7, 11) is 1.42. The van der Waals surface area contributed by atoms with Gasteiger partial charge in [-0.2, -0.15) is 0 Å². The Morgan fingerprint density at radius 1 is 1.29 bits per heavy atom. The van der Waals surface area contributed by atoms with Gasteiger partial charge in [-0.15, -0.1) is 0 Å². The third-order valence-corrected chi connectivity index (χ3v) is 3.89. The van der Waals surface area contributed by atoms with E-state index in [-0.39, 0.29) is 17.3 Å². The molecule has 1 aliphatic rings. The van der Waals surface area contributed by atoms with Gasteiger partial charge in [0, 0.05) is 39.0 Å². The van der Waals surface area contributed by atoms with Crippen molar-refractivity contribution in [2.24, 2.45) is 11.3 Å². The number of rotatable bonds is 5. The van der Waals surface area contributed by atoms with E-state index in [1.54, 1.807) is 6.92 Å². The van der Waals surface area contributed by atoms with E-state index in [2.05, 4.69) is 26.1 Å². The van der Waals surface area contributed by atoms with Crippen molar-refractivity contribution in [3.8, 4) is 0 Å². The van der Waals surface area contributed by atoms with Crippen LogP contribution in [0.4, 0.5) is 0 Å². The molecule has 1 heterocycles. The number of amides is 1. The number of likely N-dealkylation sites (tertiary alicyclic amines) is 1. The fourth-order valence-electron chi connectivity index (χ4n) is 2.69. The first kappa shape index (κ1) is 18.0. The van der Waals surface area contributed by atoms with Crippen LogP contribution in [-0.2, 0) is 14.3 Å². The Bertz CT molecular complexity index is 363. The molecule has 1 amide bonds. The molecular weight excluding hydrogens is 268 g/mol. The zero-order valence-corrected chi connectivity index (χ0v) is 14.1. The van der Waals surface area contributed by atoms with E-state index >= 15 is 0 Å². The Balaban J connectivity index is 2.55. The molecule has 1 saturated heterocycles. The highest BCUT2D eigenvalue weighted by Crippen LogP contribution is 2.23. The van der Waals surface area contributed by atoms with Crippen molar-refractivity contribution in [2.45, 2.75) is 53.0 Å². The standard InChI is InChI=1S/C16H30N2O3/c1-12(19)18-9-13(6-7-15(20)21-5)8-14(10-18)17-11-16(2,3)4/h13-14,17H,6-11H2,1-5H3. The number of ether oxygens (including phenoxy) is 1. The van der Waals surface area contributed by atoms with Gasteiger partial charge in [-0.1, -0.05) is 20.8 Å². The number of piperidine rings is 1. The van der Waals surface area contributed by atoms with Crippen LogP contribution in [0.2, 0.25) is 0 Å². The second-order valence-electron chi connectivity index (χ2n) is 7.28. The minimum atomic E-state index is -0.172. The molecule has 0 radical (unpaired) electrons. The molecule has 0 aromatic rings. The van der Waals surface area contributed by atoms with E-state index in [0.29, 0.717) is 18.4 Å². The van der Waals surface area contributed by atoms with Crippen molar-refractivity contribution in [2.75, 3.05) is 26.7 Å². The summed E-state index contributed by atoms with van der Waals surface area (Å²) in [5, 5.41) is 3.57. The van der Waals surface area contributed by atoms with Gasteiger partial charge in [-0.3, -0.25) is 9.59 Å². The summed E-state index contributed by atoms with van der Waals surface area (Å²) in [6, 6.07) is 0.310. The Hall–Kier alpha value is -1.10. The molecule has 122 valence electrons. The van der Waals surface area contributed by atoms with Crippen LogP contribution in [0.15, 0.2) is 0 Å². The number of nitrogens with zero attached hydrogens (tertiary/aromatic N) is 1. The lowest BCUT2D eigenvalue weighted by atomic mass is 9.89. The molecule has 1 N–H and O–H groups in total. The maximum Gasteiger partial charge on any atom is 0.305 e. The van der Waals surface area contributed by atoms with Crippen LogP contribution in [0, 0.1) is 11.3 Å². The topological polar surface area (TPSA) is 58.6 Å². The average Bonchev–Trinajstić information content (AvgIpc) is 2.41. The zero-order chi connectivity index (χ0) is 16.0. The van der Waals surface area contributed by atoms with Crippen LogP contribution in [-0.4, -0.2) is 49.6 Å².